The molecule has 3 aromatic rings. The molecule has 1 fully saturated rings. The van der Waals surface area contributed by atoms with E-state index in [1.165, 1.54) is 4.90 Å². The van der Waals surface area contributed by atoms with Crippen LogP contribution >= 0.6 is 0 Å². The van der Waals surface area contributed by atoms with Crippen molar-refractivity contribution >= 4 is 34.5 Å². The van der Waals surface area contributed by atoms with Gasteiger partial charge in [0.25, 0.3) is 5.91 Å². The molecule has 1 aromatic heterocycles. The van der Waals surface area contributed by atoms with Gasteiger partial charge in [-0.05, 0) is 56.3 Å². The van der Waals surface area contributed by atoms with Gasteiger partial charge in [-0.1, -0.05) is 61.5 Å². The third-order valence-corrected chi connectivity index (χ3v) is 7.82. The molecule has 0 radical (unpaired) electrons. The van der Waals surface area contributed by atoms with Gasteiger partial charge in [0, 0.05) is 24.9 Å². The van der Waals surface area contributed by atoms with Gasteiger partial charge in [-0.2, -0.15) is 0 Å². The Kier molecular flexibility index (Phi) is 11.6. The molecule has 4 rings (SSSR count). The highest BCUT2D eigenvalue weighted by molar-refractivity contribution is 6.01. The SMILES string of the molecule is C=CC[C@H](NC(=O)c1cc2ccccc2nc1CC)C(=O)N1CCC[C@H]1C(=O)N[C@@H](Cc1ccccc1)C(=O)NCCCN. The van der Waals surface area contributed by atoms with Crippen LogP contribution in [-0.4, -0.2) is 71.3 Å². The van der Waals surface area contributed by atoms with E-state index in [1.54, 1.807) is 12.1 Å². The quantitative estimate of drug-likeness (QED) is 0.166. The van der Waals surface area contributed by atoms with Crippen molar-refractivity contribution in [2.24, 2.45) is 5.73 Å². The van der Waals surface area contributed by atoms with Crippen LogP contribution in [0.1, 0.15) is 54.2 Å². The second-order valence-corrected chi connectivity index (χ2v) is 11.0. The smallest absolute Gasteiger partial charge is 0.253 e. The van der Waals surface area contributed by atoms with Gasteiger partial charge in [-0.15, -0.1) is 6.58 Å². The number of rotatable bonds is 14. The topological polar surface area (TPSA) is 147 Å². The lowest BCUT2D eigenvalue weighted by Gasteiger charge is -2.29. The molecular formula is C34H42N6O4. The van der Waals surface area contributed by atoms with Crippen LogP contribution in [0.3, 0.4) is 0 Å². The maximum Gasteiger partial charge on any atom is 0.253 e. The van der Waals surface area contributed by atoms with Gasteiger partial charge in [0.05, 0.1) is 16.8 Å². The number of amides is 4. The Morgan fingerprint density at radius 1 is 1.07 bits per heavy atom. The van der Waals surface area contributed by atoms with E-state index in [0.29, 0.717) is 63.0 Å². The van der Waals surface area contributed by atoms with Crippen LogP contribution in [0.15, 0.2) is 73.3 Å². The van der Waals surface area contributed by atoms with Crippen molar-refractivity contribution in [3.05, 3.63) is 90.1 Å². The lowest BCUT2D eigenvalue weighted by molar-refractivity contribution is -0.140. The molecule has 1 aliphatic heterocycles. The first-order valence-corrected chi connectivity index (χ1v) is 15.3. The van der Waals surface area contributed by atoms with Gasteiger partial charge in [-0.3, -0.25) is 24.2 Å². The van der Waals surface area contributed by atoms with Crippen molar-refractivity contribution in [2.45, 2.75) is 63.6 Å². The summed E-state index contributed by atoms with van der Waals surface area (Å²) < 4.78 is 0. The number of aromatic nitrogens is 1. The average molecular weight is 599 g/mol. The normalized spacial score (nSPS) is 15.8. The maximum atomic E-state index is 13.8. The Balaban J connectivity index is 1.49. The molecule has 44 heavy (non-hydrogen) atoms. The fourth-order valence-electron chi connectivity index (χ4n) is 5.51. The van der Waals surface area contributed by atoms with Crippen molar-refractivity contribution < 1.29 is 19.2 Å². The van der Waals surface area contributed by atoms with Gasteiger partial charge in [0.15, 0.2) is 0 Å². The van der Waals surface area contributed by atoms with Crippen molar-refractivity contribution in [2.75, 3.05) is 19.6 Å². The van der Waals surface area contributed by atoms with Gasteiger partial charge in [-0.25, -0.2) is 0 Å². The zero-order valence-corrected chi connectivity index (χ0v) is 25.3. The minimum absolute atomic E-state index is 0.193. The van der Waals surface area contributed by atoms with Gasteiger partial charge in [0.1, 0.15) is 18.1 Å². The molecular weight excluding hydrogens is 556 g/mol. The summed E-state index contributed by atoms with van der Waals surface area (Å²) in [5, 5.41) is 9.46. The molecule has 0 saturated carbocycles. The number of carbonyl (C=O) groups is 4. The summed E-state index contributed by atoms with van der Waals surface area (Å²) in [6.07, 6.45) is 4.32. The number of hydrogen-bond donors (Lipinski definition) is 4. The molecule has 0 bridgehead atoms. The summed E-state index contributed by atoms with van der Waals surface area (Å²) >= 11 is 0. The van der Waals surface area contributed by atoms with E-state index in [9.17, 15) is 19.2 Å². The largest absolute Gasteiger partial charge is 0.354 e. The molecule has 10 nitrogen and oxygen atoms in total. The summed E-state index contributed by atoms with van der Waals surface area (Å²) in [7, 11) is 0. The number of likely N-dealkylation sites (tertiary alicyclic amines) is 1. The number of hydrogen-bond acceptors (Lipinski definition) is 6. The van der Waals surface area contributed by atoms with Crippen molar-refractivity contribution in [1.29, 1.82) is 0 Å². The lowest BCUT2D eigenvalue weighted by atomic mass is 10.0. The molecule has 1 aliphatic rings. The van der Waals surface area contributed by atoms with E-state index < -0.39 is 29.9 Å². The van der Waals surface area contributed by atoms with Crippen molar-refractivity contribution in [3.8, 4) is 0 Å². The van der Waals surface area contributed by atoms with Gasteiger partial charge >= 0.3 is 0 Å². The molecule has 0 spiro atoms. The first-order valence-electron chi connectivity index (χ1n) is 15.3. The van der Waals surface area contributed by atoms with Crippen LogP contribution in [0, 0.1) is 0 Å². The molecule has 232 valence electrons. The Hall–Kier alpha value is -4.57. The minimum atomic E-state index is -0.913. The molecule has 2 heterocycles. The molecule has 2 aromatic carbocycles. The Labute approximate surface area is 258 Å². The number of nitrogens with zero attached hydrogens (tertiary/aromatic N) is 2. The van der Waals surface area contributed by atoms with Crippen LogP contribution < -0.4 is 21.7 Å². The minimum Gasteiger partial charge on any atom is -0.354 e. The Morgan fingerprint density at radius 3 is 2.55 bits per heavy atom. The third kappa shape index (κ3) is 8.08. The number of fused-ring (bicyclic) bond motifs is 1. The molecule has 1 saturated heterocycles. The zero-order chi connectivity index (χ0) is 31.5. The van der Waals surface area contributed by atoms with Gasteiger partial charge < -0.3 is 26.6 Å². The van der Waals surface area contributed by atoms with E-state index in [1.807, 2.05) is 61.5 Å². The summed E-state index contributed by atoms with van der Waals surface area (Å²) in [4.78, 5) is 60.2. The molecule has 5 N–H and O–H groups in total. The van der Waals surface area contributed by atoms with E-state index in [4.69, 9.17) is 5.73 Å². The molecule has 3 atom stereocenters. The Morgan fingerprint density at radius 2 is 1.82 bits per heavy atom. The predicted molar refractivity (Wildman–Crippen MR) is 171 cm³/mol. The number of pyridine rings is 1. The molecule has 4 amide bonds. The molecule has 0 aliphatic carbocycles. The van der Waals surface area contributed by atoms with Gasteiger partial charge in [0.2, 0.25) is 17.7 Å². The number of para-hydroxylation sites is 1. The highest BCUT2D eigenvalue weighted by Crippen LogP contribution is 2.21. The molecule has 0 unspecified atom stereocenters. The van der Waals surface area contributed by atoms with E-state index in [0.717, 1.165) is 16.5 Å². The highest BCUT2D eigenvalue weighted by atomic mass is 16.2. The van der Waals surface area contributed by atoms with Crippen LogP contribution in [0.2, 0.25) is 0 Å². The average Bonchev–Trinajstić information content (AvgIpc) is 3.54. The van der Waals surface area contributed by atoms with E-state index in [-0.39, 0.29) is 18.2 Å². The highest BCUT2D eigenvalue weighted by Gasteiger charge is 2.38. The lowest BCUT2D eigenvalue weighted by Crippen LogP contribution is -2.56. The monoisotopic (exact) mass is 598 g/mol. The number of nitrogens with one attached hydrogen (secondary N) is 3. The first kappa shape index (κ1) is 32.3. The van der Waals surface area contributed by atoms with Crippen LogP contribution in [-0.2, 0) is 27.2 Å². The summed E-state index contributed by atoms with van der Waals surface area (Å²) in [5.74, 6) is -1.48. The summed E-state index contributed by atoms with van der Waals surface area (Å²) in [6, 6.07) is 16.3. The summed E-state index contributed by atoms with van der Waals surface area (Å²) in [5.41, 5.74) is 8.31. The fraction of sp³-hybridized carbons (Fsp3) is 0.382. The second-order valence-electron chi connectivity index (χ2n) is 11.0. The van der Waals surface area contributed by atoms with Crippen LogP contribution in [0.4, 0.5) is 0 Å². The first-order chi connectivity index (χ1) is 21.4. The van der Waals surface area contributed by atoms with Crippen molar-refractivity contribution in [1.82, 2.24) is 25.8 Å². The predicted octanol–water partition coefficient (Wildman–Crippen LogP) is 2.66. The summed E-state index contributed by atoms with van der Waals surface area (Å²) in [6.45, 7) is 6.92. The van der Waals surface area contributed by atoms with E-state index in [2.05, 4.69) is 27.5 Å². The van der Waals surface area contributed by atoms with Crippen LogP contribution in [0.25, 0.3) is 10.9 Å². The van der Waals surface area contributed by atoms with Crippen LogP contribution in [0.5, 0.6) is 0 Å². The standard InChI is InChI=1S/C34H42N6O4/c1-3-12-28(38-31(41)25-22-24-15-8-9-16-27(24)37-26(25)4-2)34(44)40-20-10-17-30(40)33(43)39-29(32(42)36-19-11-18-35)21-23-13-6-5-7-14-23/h3,5-9,13-16,22,28-30H,1,4,10-12,17-21,35H2,2H3,(H,36,42)(H,38,41)(H,39,43)/t28-,29-,30-/m0/s1. The zero-order valence-electron chi connectivity index (χ0n) is 25.3. The van der Waals surface area contributed by atoms with Crippen molar-refractivity contribution in [3.63, 3.8) is 0 Å². The third-order valence-electron chi connectivity index (χ3n) is 7.82. The molecule has 10 heteroatoms. The fourth-order valence-corrected chi connectivity index (χ4v) is 5.51. The van der Waals surface area contributed by atoms with E-state index >= 15 is 0 Å². The number of nitrogens with two attached hydrogens (primary N) is 1. The maximum absolute atomic E-state index is 13.8. The number of benzene rings is 2. The number of aryl methyl sites for hydroxylation is 1. The second kappa shape index (κ2) is 15.8. The number of carbonyl (C=O) groups excluding carboxylic acids is 4. The Bertz CT molecular complexity index is 1480.